The van der Waals surface area contributed by atoms with E-state index in [4.69, 9.17) is 21.4 Å². The summed E-state index contributed by atoms with van der Waals surface area (Å²) in [4.78, 5) is 32.1. The lowest BCUT2D eigenvalue weighted by atomic mass is 10.1. The molecule has 0 bridgehead atoms. The zero-order valence-electron chi connectivity index (χ0n) is 17.1. The van der Waals surface area contributed by atoms with E-state index >= 15 is 0 Å². The number of hydrogen-bond acceptors (Lipinski definition) is 6. The maximum Gasteiger partial charge on any atom is 0.490 e. The van der Waals surface area contributed by atoms with E-state index in [1.54, 1.807) is 17.1 Å². The number of aromatic nitrogens is 5. The number of carboxylic acid groups (broad SMARTS) is 1. The van der Waals surface area contributed by atoms with Crippen molar-refractivity contribution >= 4 is 28.7 Å². The third kappa shape index (κ3) is 5.64. The van der Waals surface area contributed by atoms with Crippen molar-refractivity contribution in [1.29, 1.82) is 0 Å². The predicted octanol–water partition coefficient (Wildman–Crippen LogP) is 2.27. The molecule has 0 aliphatic heterocycles. The van der Waals surface area contributed by atoms with E-state index in [9.17, 15) is 18.0 Å². The van der Waals surface area contributed by atoms with Crippen LogP contribution in [0.25, 0.3) is 33.5 Å². The molecule has 4 rings (SSSR count). The van der Waals surface area contributed by atoms with Gasteiger partial charge in [0.05, 0.1) is 29.2 Å². The Morgan fingerprint density at radius 1 is 1.18 bits per heavy atom. The minimum Gasteiger partial charge on any atom is -0.475 e. The Labute approximate surface area is 184 Å². The Kier molecular flexibility index (Phi) is 6.33. The minimum absolute atomic E-state index is 0.179. The number of carboxylic acids is 1. The zero-order chi connectivity index (χ0) is 24.3. The highest BCUT2D eigenvalue weighted by atomic mass is 19.4. The first-order valence-corrected chi connectivity index (χ1v) is 9.26. The van der Waals surface area contributed by atoms with E-state index in [2.05, 4.69) is 20.1 Å². The van der Waals surface area contributed by atoms with Gasteiger partial charge in [-0.2, -0.15) is 18.3 Å². The Balaban J connectivity index is 0.000000383. The van der Waals surface area contributed by atoms with Crippen LogP contribution in [-0.4, -0.2) is 47.9 Å². The van der Waals surface area contributed by atoms with Crippen LogP contribution in [0.3, 0.4) is 0 Å². The lowest BCUT2D eigenvalue weighted by Gasteiger charge is -2.04. The summed E-state index contributed by atoms with van der Waals surface area (Å²) in [6.07, 6.45) is 0.485. The molecule has 4 aromatic rings. The highest BCUT2D eigenvalue weighted by Crippen LogP contribution is 2.29. The number of hydrogen-bond donors (Lipinski definition) is 4. The summed E-state index contributed by atoms with van der Waals surface area (Å²) in [5, 5.41) is 11.3. The van der Waals surface area contributed by atoms with Crippen molar-refractivity contribution in [1.82, 2.24) is 24.7 Å². The lowest BCUT2D eigenvalue weighted by Crippen LogP contribution is -2.21. The third-order valence-corrected chi connectivity index (χ3v) is 4.38. The van der Waals surface area contributed by atoms with Gasteiger partial charge in [0.2, 0.25) is 5.91 Å². The molecule has 0 fully saturated rings. The number of nitrogens with one attached hydrogen (secondary N) is 1. The molecule has 0 spiro atoms. The van der Waals surface area contributed by atoms with Crippen LogP contribution in [0.1, 0.15) is 5.56 Å². The van der Waals surface area contributed by atoms with Gasteiger partial charge < -0.3 is 21.6 Å². The average Bonchev–Trinajstić information content (AvgIpc) is 3.33. The number of rotatable bonds is 4. The number of fused-ring (bicyclic) bond motifs is 1. The summed E-state index contributed by atoms with van der Waals surface area (Å²) in [5.74, 6) is -2.13. The molecular weight excluding hydrogens is 443 g/mol. The summed E-state index contributed by atoms with van der Waals surface area (Å²) >= 11 is 0. The Morgan fingerprint density at radius 2 is 1.88 bits per heavy atom. The number of aromatic amines is 1. The van der Waals surface area contributed by atoms with Crippen molar-refractivity contribution in [2.45, 2.75) is 12.6 Å². The first-order valence-electron chi connectivity index (χ1n) is 9.26. The van der Waals surface area contributed by atoms with E-state index in [0.717, 1.165) is 27.7 Å². The maximum absolute atomic E-state index is 11.1. The van der Waals surface area contributed by atoms with Crippen LogP contribution >= 0.6 is 0 Å². The molecule has 0 aliphatic rings. The van der Waals surface area contributed by atoms with Crippen LogP contribution in [0.15, 0.2) is 42.9 Å². The number of amides is 1. The minimum atomic E-state index is -5.08. The van der Waals surface area contributed by atoms with Crippen LogP contribution < -0.4 is 11.5 Å². The van der Waals surface area contributed by atoms with E-state index in [1.165, 1.54) is 0 Å². The topological polar surface area (TPSA) is 166 Å². The van der Waals surface area contributed by atoms with Crippen LogP contribution in [0.5, 0.6) is 0 Å². The van der Waals surface area contributed by atoms with Gasteiger partial charge in [-0.3, -0.25) is 9.48 Å². The number of nitrogens with zero attached hydrogens (tertiary/aromatic N) is 4. The van der Waals surface area contributed by atoms with Crippen LogP contribution in [0.4, 0.5) is 19.0 Å². The second kappa shape index (κ2) is 8.98. The fourth-order valence-corrected chi connectivity index (χ4v) is 2.88. The van der Waals surface area contributed by atoms with Gasteiger partial charge in [-0.15, -0.1) is 0 Å². The molecular formula is C20H18F3N7O3. The summed E-state index contributed by atoms with van der Waals surface area (Å²) in [6, 6.07) is 7.50. The van der Waals surface area contributed by atoms with Crippen LogP contribution in [0, 0.1) is 0 Å². The molecule has 13 heteroatoms. The van der Waals surface area contributed by atoms with E-state index in [0.29, 0.717) is 17.2 Å². The number of carbonyl (C=O) groups excluding carboxylic acids is 1. The van der Waals surface area contributed by atoms with Gasteiger partial charge in [-0.1, -0.05) is 6.07 Å². The molecule has 0 saturated carbocycles. The highest BCUT2D eigenvalue weighted by Gasteiger charge is 2.38. The highest BCUT2D eigenvalue weighted by molar-refractivity contribution is 5.85. The van der Waals surface area contributed by atoms with Crippen molar-refractivity contribution in [3.8, 4) is 22.5 Å². The number of primary amides is 1. The molecule has 1 aromatic carbocycles. The Morgan fingerprint density at radius 3 is 2.45 bits per heavy atom. The Hall–Kier alpha value is -4.42. The van der Waals surface area contributed by atoms with Gasteiger partial charge in [0.1, 0.15) is 11.6 Å². The fourth-order valence-electron chi connectivity index (χ4n) is 2.88. The van der Waals surface area contributed by atoms with Gasteiger partial charge in [0.25, 0.3) is 0 Å². The van der Waals surface area contributed by atoms with Gasteiger partial charge in [0.15, 0.2) is 0 Å². The average molecular weight is 461 g/mol. The smallest absolute Gasteiger partial charge is 0.475 e. The number of H-pyrrole nitrogens is 1. The molecule has 0 aliphatic carbocycles. The number of nitrogens with two attached hydrogens (primary N) is 2. The molecule has 10 nitrogen and oxygen atoms in total. The SMILES string of the molecule is Cn1cc(-c2cnc(N)c(-c3nc4cc(CC(N)=O)ccc4[nH]3)c2)cn1.O=C(O)C(F)(F)F. The second-order valence-corrected chi connectivity index (χ2v) is 6.94. The first-order chi connectivity index (χ1) is 15.4. The lowest BCUT2D eigenvalue weighted by molar-refractivity contribution is -0.192. The number of imidazole rings is 1. The normalized spacial score (nSPS) is 11.2. The van der Waals surface area contributed by atoms with Crippen LogP contribution in [-0.2, 0) is 23.1 Å². The number of halogens is 3. The molecule has 3 aromatic heterocycles. The number of benzene rings is 1. The summed E-state index contributed by atoms with van der Waals surface area (Å²) in [5.41, 5.74) is 16.3. The van der Waals surface area contributed by atoms with Crippen molar-refractivity contribution in [2.75, 3.05) is 5.73 Å². The van der Waals surface area contributed by atoms with Gasteiger partial charge >= 0.3 is 12.1 Å². The van der Waals surface area contributed by atoms with E-state index in [-0.39, 0.29) is 12.3 Å². The summed E-state index contributed by atoms with van der Waals surface area (Å²) in [6.45, 7) is 0. The molecule has 0 atom stereocenters. The van der Waals surface area contributed by atoms with Gasteiger partial charge in [-0.05, 0) is 23.8 Å². The summed E-state index contributed by atoms with van der Waals surface area (Å²) in [7, 11) is 1.86. The van der Waals surface area contributed by atoms with Crippen molar-refractivity contribution in [3.05, 3.63) is 48.4 Å². The monoisotopic (exact) mass is 461 g/mol. The zero-order valence-corrected chi connectivity index (χ0v) is 17.1. The predicted molar refractivity (Wildman–Crippen MR) is 113 cm³/mol. The molecule has 3 heterocycles. The third-order valence-electron chi connectivity index (χ3n) is 4.38. The Bertz CT molecular complexity index is 1330. The van der Waals surface area contributed by atoms with E-state index in [1.807, 2.05) is 37.5 Å². The first kappa shape index (κ1) is 23.2. The largest absolute Gasteiger partial charge is 0.490 e. The molecule has 172 valence electrons. The molecule has 0 radical (unpaired) electrons. The van der Waals surface area contributed by atoms with Crippen molar-refractivity contribution in [3.63, 3.8) is 0 Å². The maximum atomic E-state index is 11.1. The van der Waals surface area contributed by atoms with Crippen molar-refractivity contribution < 1.29 is 27.9 Å². The number of anilines is 1. The number of aliphatic carboxylic acids is 1. The number of carbonyl (C=O) groups is 2. The molecule has 33 heavy (non-hydrogen) atoms. The molecule has 1 amide bonds. The van der Waals surface area contributed by atoms with Gasteiger partial charge in [0, 0.05) is 30.6 Å². The summed E-state index contributed by atoms with van der Waals surface area (Å²) < 4.78 is 33.5. The quantitative estimate of drug-likeness (QED) is 0.362. The van der Waals surface area contributed by atoms with Gasteiger partial charge in [-0.25, -0.2) is 14.8 Å². The molecule has 0 saturated heterocycles. The number of aryl methyl sites for hydroxylation is 1. The molecule has 0 unspecified atom stereocenters. The van der Waals surface area contributed by atoms with E-state index < -0.39 is 12.1 Å². The fraction of sp³-hybridized carbons (Fsp3) is 0.150. The molecule has 6 N–H and O–H groups in total. The second-order valence-electron chi connectivity index (χ2n) is 6.94. The van der Waals surface area contributed by atoms with Crippen LogP contribution in [0.2, 0.25) is 0 Å². The number of pyridine rings is 1. The number of nitrogen functional groups attached to an aromatic ring is 1. The van der Waals surface area contributed by atoms with Crippen molar-refractivity contribution in [2.24, 2.45) is 12.8 Å². The standard InChI is InChI=1S/C18H17N7O.C2HF3O2/c1-25-9-12(8-22-25)11-6-13(17(20)21-7-11)18-23-14-3-2-10(5-16(19)26)4-15(14)24-18;3-2(4,5)1(6)7/h2-4,6-9H,5H2,1H3,(H2,19,26)(H2,20,21)(H,23,24);(H,6,7). The number of alkyl halides is 3.